The first-order chi connectivity index (χ1) is 10.1. The van der Waals surface area contributed by atoms with Crippen LogP contribution in [0.25, 0.3) is 0 Å². The van der Waals surface area contributed by atoms with E-state index in [1.807, 2.05) is 0 Å². The van der Waals surface area contributed by atoms with E-state index in [2.05, 4.69) is 5.32 Å². The Morgan fingerprint density at radius 3 is 2.43 bits per heavy atom. The highest BCUT2D eigenvalue weighted by Gasteiger charge is 2.09. The molecule has 0 aliphatic rings. The summed E-state index contributed by atoms with van der Waals surface area (Å²) in [7, 11) is 0. The predicted molar refractivity (Wildman–Crippen MR) is 75.4 cm³/mol. The Kier molecular flexibility index (Phi) is 4.66. The molecule has 4 nitrogen and oxygen atoms in total. The predicted octanol–water partition coefficient (Wildman–Crippen LogP) is 2.38. The molecule has 5 heteroatoms. The van der Waals surface area contributed by atoms with Crippen LogP contribution in [-0.4, -0.2) is 17.0 Å². The fourth-order valence-corrected chi connectivity index (χ4v) is 1.97. The molecule has 0 saturated heterocycles. The summed E-state index contributed by atoms with van der Waals surface area (Å²) < 4.78 is 13.1. The Morgan fingerprint density at radius 1 is 1.05 bits per heavy atom. The summed E-state index contributed by atoms with van der Waals surface area (Å²) in [6.07, 6.45) is -0.105. The van der Waals surface area contributed by atoms with Gasteiger partial charge in [0.05, 0.1) is 6.42 Å². The topological polar surface area (TPSA) is 66.4 Å². The summed E-state index contributed by atoms with van der Waals surface area (Å²) in [6.45, 7) is 0.193. The van der Waals surface area contributed by atoms with E-state index in [9.17, 15) is 14.0 Å². The average molecular weight is 287 g/mol. The van der Waals surface area contributed by atoms with E-state index < -0.39 is 17.7 Å². The second kappa shape index (κ2) is 6.65. The van der Waals surface area contributed by atoms with Crippen molar-refractivity contribution < 1.29 is 19.1 Å². The van der Waals surface area contributed by atoms with Crippen LogP contribution in [0.15, 0.2) is 48.5 Å². The standard InChI is InChI=1S/C16H14FNO3/c17-14-7-3-6-12(8-14)16(21)18-10-13-5-2-1-4-11(13)9-15(19)20/h1-8H,9-10H2,(H,18,21)(H,19,20). The fraction of sp³-hybridized carbons (Fsp3) is 0.125. The van der Waals surface area contributed by atoms with Gasteiger partial charge in [-0.15, -0.1) is 0 Å². The maximum absolute atomic E-state index is 13.1. The van der Waals surface area contributed by atoms with Gasteiger partial charge in [-0.2, -0.15) is 0 Å². The number of carboxylic acids is 1. The van der Waals surface area contributed by atoms with Crippen LogP contribution in [-0.2, 0) is 17.8 Å². The van der Waals surface area contributed by atoms with Crippen LogP contribution in [0, 0.1) is 5.82 Å². The molecule has 0 radical (unpaired) electrons. The zero-order chi connectivity index (χ0) is 15.2. The number of carboxylic acid groups (broad SMARTS) is 1. The minimum atomic E-state index is -0.932. The molecule has 0 atom stereocenters. The van der Waals surface area contributed by atoms with Crippen molar-refractivity contribution in [2.75, 3.05) is 0 Å². The quantitative estimate of drug-likeness (QED) is 0.887. The van der Waals surface area contributed by atoms with E-state index in [4.69, 9.17) is 5.11 Å². The number of hydrogen-bond donors (Lipinski definition) is 2. The third-order valence-corrected chi connectivity index (χ3v) is 2.99. The van der Waals surface area contributed by atoms with Crippen LogP contribution >= 0.6 is 0 Å². The molecule has 0 aliphatic heterocycles. The van der Waals surface area contributed by atoms with Gasteiger partial charge in [0.15, 0.2) is 0 Å². The molecule has 0 heterocycles. The van der Waals surface area contributed by atoms with Crippen molar-refractivity contribution in [2.45, 2.75) is 13.0 Å². The Balaban J connectivity index is 2.06. The molecule has 2 N–H and O–H groups in total. The molecule has 0 aliphatic carbocycles. The van der Waals surface area contributed by atoms with Crippen molar-refractivity contribution in [1.82, 2.24) is 5.32 Å². The van der Waals surface area contributed by atoms with Gasteiger partial charge in [-0.3, -0.25) is 9.59 Å². The van der Waals surface area contributed by atoms with Crippen molar-refractivity contribution in [2.24, 2.45) is 0 Å². The number of rotatable bonds is 5. The minimum Gasteiger partial charge on any atom is -0.481 e. The van der Waals surface area contributed by atoms with Gasteiger partial charge in [-0.05, 0) is 29.3 Å². The van der Waals surface area contributed by atoms with Gasteiger partial charge in [-0.1, -0.05) is 30.3 Å². The first-order valence-electron chi connectivity index (χ1n) is 6.38. The number of aliphatic carboxylic acids is 1. The molecule has 21 heavy (non-hydrogen) atoms. The van der Waals surface area contributed by atoms with E-state index in [-0.39, 0.29) is 18.5 Å². The molecule has 2 aromatic carbocycles. The lowest BCUT2D eigenvalue weighted by Gasteiger charge is -2.09. The maximum Gasteiger partial charge on any atom is 0.307 e. The summed E-state index contributed by atoms with van der Waals surface area (Å²) >= 11 is 0. The number of hydrogen-bond acceptors (Lipinski definition) is 2. The van der Waals surface area contributed by atoms with Gasteiger partial charge in [-0.25, -0.2) is 4.39 Å². The van der Waals surface area contributed by atoms with Crippen LogP contribution in [0.1, 0.15) is 21.5 Å². The number of benzene rings is 2. The van der Waals surface area contributed by atoms with Crippen molar-refractivity contribution in [3.8, 4) is 0 Å². The minimum absolute atomic E-state index is 0.105. The van der Waals surface area contributed by atoms with E-state index in [0.717, 1.165) is 11.6 Å². The van der Waals surface area contributed by atoms with Crippen LogP contribution in [0.5, 0.6) is 0 Å². The van der Waals surface area contributed by atoms with Gasteiger partial charge < -0.3 is 10.4 Å². The third-order valence-electron chi connectivity index (χ3n) is 2.99. The molecule has 2 rings (SSSR count). The Morgan fingerprint density at radius 2 is 1.76 bits per heavy atom. The highest BCUT2D eigenvalue weighted by atomic mass is 19.1. The van der Waals surface area contributed by atoms with Gasteiger partial charge in [0, 0.05) is 12.1 Å². The van der Waals surface area contributed by atoms with Gasteiger partial charge in [0.1, 0.15) is 5.82 Å². The first kappa shape index (κ1) is 14.7. The highest BCUT2D eigenvalue weighted by Crippen LogP contribution is 2.10. The lowest BCUT2D eigenvalue weighted by molar-refractivity contribution is -0.136. The lowest BCUT2D eigenvalue weighted by Crippen LogP contribution is -2.23. The Bertz CT molecular complexity index is 670. The van der Waals surface area contributed by atoms with E-state index in [1.54, 1.807) is 24.3 Å². The SMILES string of the molecule is O=C(O)Cc1ccccc1CNC(=O)c1cccc(F)c1. The zero-order valence-corrected chi connectivity index (χ0v) is 11.2. The molecule has 1 amide bonds. The van der Waals surface area contributed by atoms with E-state index >= 15 is 0 Å². The Hall–Kier alpha value is -2.69. The average Bonchev–Trinajstić information content (AvgIpc) is 2.45. The van der Waals surface area contributed by atoms with Crippen LogP contribution in [0.2, 0.25) is 0 Å². The van der Waals surface area contributed by atoms with E-state index in [1.165, 1.54) is 18.2 Å². The Labute approximate surface area is 121 Å². The first-order valence-corrected chi connectivity index (χ1v) is 6.38. The fourth-order valence-electron chi connectivity index (χ4n) is 1.97. The largest absolute Gasteiger partial charge is 0.481 e. The van der Waals surface area contributed by atoms with Crippen LogP contribution in [0.3, 0.4) is 0 Å². The van der Waals surface area contributed by atoms with Crippen molar-refractivity contribution in [1.29, 1.82) is 0 Å². The highest BCUT2D eigenvalue weighted by molar-refractivity contribution is 5.94. The second-order valence-electron chi connectivity index (χ2n) is 4.53. The van der Waals surface area contributed by atoms with Crippen molar-refractivity contribution in [3.63, 3.8) is 0 Å². The molecular weight excluding hydrogens is 273 g/mol. The number of carbonyl (C=O) groups excluding carboxylic acids is 1. The monoisotopic (exact) mass is 287 g/mol. The van der Waals surface area contributed by atoms with Crippen LogP contribution < -0.4 is 5.32 Å². The molecule has 0 fully saturated rings. The molecule has 0 saturated carbocycles. The number of nitrogens with one attached hydrogen (secondary N) is 1. The van der Waals surface area contributed by atoms with Crippen molar-refractivity contribution in [3.05, 3.63) is 71.0 Å². The summed E-state index contributed by atoms with van der Waals surface area (Å²) in [5, 5.41) is 11.5. The molecule has 2 aromatic rings. The molecule has 108 valence electrons. The summed E-state index contributed by atoms with van der Waals surface area (Å²) in [4.78, 5) is 22.7. The van der Waals surface area contributed by atoms with Gasteiger partial charge in [0.25, 0.3) is 5.91 Å². The lowest BCUT2D eigenvalue weighted by atomic mass is 10.0. The van der Waals surface area contributed by atoms with Gasteiger partial charge in [0.2, 0.25) is 0 Å². The number of halogens is 1. The zero-order valence-electron chi connectivity index (χ0n) is 11.2. The van der Waals surface area contributed by atoms with Gasteiger partial charge >= 0.3 is 5.97 Å². The third kappa shape index (κ3) is 4.14. The van der Waals surface area contributed by atoms with Crippen molar-refractivity contribution >= 4 is 11.9 Å². The summed E-state index contributed by atoms with van der Waals surface area (Å²) in [5.74, 6) is -1.81. The summed E-state index contributed by atoms with van der Waals surface area (Å²) in [6, 6.07) is 12.4. The van der Waals surface area contributed by atoms with E-state index in [0.29, 0.717) is 5.56 Å². The smallest absolute Gasteiger partial charge is 0.307 e. The molecular formula is C16H14FNO3. The molecule has 0 aromatic heterocycles. The number of amides is 1. The maximum atomic E-state index is 13.1. The summed E-state index contributed by atoms with van der Waals surface area (Å²) in [5.41, 5.74) is 1.60. The second-order valence-corrected chi connectivity index (χ2v) is 4.53. The molecule has 0 spiro atoms. The van der Waals surface area contributed by atoms with Crippen LogP contribution in [0.4, 0.5) is 4.39 Å². The number of carbonyl (C=O) groups is 2. The molecule has 0 bridgehead atoms. The molecule has 0 unspecified atom stereocenters. The normalized spacial score (nSPS) is 10.1.